The molecule has 1 amide bonds. The highest BCUT2D eigenvalue weighted by Crippen LogP contribution is 2.38. The number of thiophene rings is 1. The van der Waals surface area contributed by atoms with Crippen molar-refractivity contribution in [1.29, 1.82) is 0 Å². The van der Waals surface area contributed by atoms with Crippen LogP contribution in [-0.4, -0.2) is 18.5 Å². The molecule has 0 saturated heterocycles. The van der Waals surface area contributed by atoms with Gasteiger partial charge in [0.15, 0.2) is 0 Å². The highest BCUT2D eigenvalue weighted by molar-refractivity contribution is 7.18. The number of anilines is 1. The molecule has 5 nitrogen and oxygen atoms in total. The maximum absolute atomic E-state index is 14.5. The third kappa shape index (κ3) is 3.62. The molecule has 0 unspecified atom stereocenters. The van der Waals surface area contributed by atoms with Crippen LogP contribution in [0.5, 0.6) is 0 Å². The molecule has 3 N–H and O–H groups in total. The van der Waals surface area contributed by atoms with E-state index in [2.05, 4.69) is 10.3 Å². The molecule has 0 spiro atoms. The Balaban J connectivity index is 1.93. The second-order valence-electron chi connectivity index (χ2n) is 5.69. The van der Waals surface area contributed by atoms with Gasteiger partial charge in [-0.2, -0.15) is 0 Å². The monoisotopic (exact) mass is 381 g/mol. The van der Waals surface area contributed by atoms with Crippen LogP contribution in [-0.2, 0) is 10.3 Å². The molecule has 1 aliphatic rings. The van der Waals surface area contributed by atoms with Gasteiger partial charge in [0.05, 0.1) is 21.4 Å². The Hall–Kier alpha value is -2.12. The topological polar surface area (TPSA) is 76.7 Å². The molecule has 1 aromatic carbocycles. The quantitative estimate of drug-likeness (QED) is 0.835. The lowest BCUT2D eigenvalue weighted by Gasteiger charge is -2.33. The van der Waals surface area contributed by atoms with Gasteiger partial charge in [0.1, 0.15) is 5.82 Å². The second kappa shape index (κ2) is 7.01. The van der Waals surface area contributed by atoms with E-state index >= 15 is 0 Å². The molecule has 0 fully saturated rings. The number of nitrogens with one attached hydrogen (secondary N) is 1. The summed E-state index contributed by atoms with van der Waals surface area (Å²) >= 11 is 7.04. The largest absolute Gasteiger partial charge is 0.465 e. The van der Waals surface area contributed by atoms with Gasteiger partial charge in [0.25, 0.3) is 11.9 Å². The van der Waals surface area contributed by atoms with Gasteiger partial charge >= 0.3 is 0 Å². The molecule has 0 aliphatic carbocycles. The lowest BCUT2D eigenvalue weighted by atomic mass is 9.84. The summed E-state index contributed by atoms with van der Waals surface area (Å²) in [6.45, 7) is 2.29. The Labute approximate surface area is 153 Å². The Morgan fingerprint density at radius 3 is 2.92 bits per heavy atom. The summed E-state index contributed by atoms with van der Waals surface area (Å²) in [5.41, 5.74) is 5.78. The molecule has 8 heteroatoms. The lowest BCUT2D eigenvalue weighted by Crippen LogP contribution is -2.36. The fourth-order valence-electron chi connectivity index (χ4n) is 2.85. The van der Waals surface area contributed by atoms with Gasteiger partial charge in [-0.1, -0.05) is 18.5 Å². The summed E-state index contributed by atoms with van der Waals surface area (Å²) in [5.74, 6) is -0.688. The van der Waals surface area contributed by atoms with Crippen molar-refractivity contribution >= 4 is 40.6 Å². The van der Waals surface area contributed by atoms with Crippen molar-refractivity contribution in [2.75, 3.05) is 11.9 Å². The smallest absolute Gasteiger partial charge is 0.282 e. The molecule has 0 saturated carbocycles. The van der Waals surface area contributed by atoms with Crippen LogP contribution < -0.4 is 11.1 Å². The molecular formula is C17H17ClFN3O2S. The first-order valence-electron chi connectivity index (χ1n) is 7.78. The van der Waals surface area contributed by atoms with Crippen molar-refractivity contribution in [3.05, 3.63) is 50.9 Å². The van der Waals surface area contributed by atoms with Crippen LogP contribution in [0, 0.1) is 5.82 Å². The van der Waals surface area contributed by atoms with Gasteiger partial charge in [-0.15, -0.1) is 11.3 Å². The molecular weight excluding hydrogens is 365 g/mol. The summed E-state index contributed by atoms with van der Waals surface area (Å²) in [5, 5.41) is 2.77. The van der Waals surface area contributed by atoms with Crippen LogP contribution >= 0.6 is 22.9 Å². The summed E-state index contributed by atoms with van der Waals surface area (Å²) in [6.07, 6.45) is 1.07. The molecule has 1 aromatic heterocycles. The second-order valence-corrected chi connectivity index (χ2v) is 7.40. The third-order valence-corrected chi connectivity index (χ3v) is 5.43. The van der Waals surface area contributed by atoms with Gasteiger partial charge in [-0.25, -0.2) is 9.38 Å². The number of halogens is 2. The van der Waals surface area contributed by atoms with Gasteiger partial charge in [-0.05, 0) is 36.8 Å². The first-order valence-corrected chi connectivity index (χ1v) is 8.98. The van der Waals surface area contributed by atoms with Crippen molar-refractivity contribution in [3.8, 4) is 0 Å². The molecule has 1 aliphatic heterocycles. The standard InChI is InChI=1S/C17H17ClFN3O2S/c1-2-17(7-8-24-16(20)22-17)11-9-10(3-4-12(11)19)21-15(23)13-5-6-14(18)25-13/h3-6,9H,2,7-8H2,1H3,(H2,20,22)(H,21,23)/t17-/m0/s1. The summed E-state index contributed by atoms with van der Waals surface area (Å²) in [4.78, 5) is 17.1. The normalized spacial score (nSPS) is 19.9. The molecule has 3 rings (SSSR count). The lowest BCUT2D eigenvalue weighted by molar-refractivity contribution is 0.103. The van der Waals surface area contributed by atoms with E-state index in [1.807, 2.05) is 6.92 Å². The number of amides is 1. The van der Waals surface area contributed by atoms with Crippen LogP contribution in [0.25, 0.3) is 0 Å². The van der Waals surface area contributed by atoms with Crippen molar-refractivity contribution < 1.29 is 13.9 Å². The number of aliphatic imine (C=N–C) groups is 1. The fraction of sp³-hybridized carbons (Fsp3) is 0.294. The van der Waals surface area contributed by atoms with E-state index in [0.29, 0.717) is 39.9 Å². The van der Waals surface area contributed by atoms with Crippen molar-refractivity contribution in [2.45, 2.75) is 25.3 Å². The maximum Gasteiger partial charge on any atom is 0.282 e. The van der Waals surface area contributed by atoms with E-state index in [1.54, 1.807) is 18.2 Å². The average Bonchev–Trinajstić information content (AvgIpc) is 3.03. The van der Waals surface area contributed by atoms with Crippen molar-refractivity contribution in [3.63, 3.8) is 0 Å². The van der Waals surface area contributed by atoms with E-state index in [0.717, 1.165) is 0 Å². The third-order valence-electron chi connectivity index (χ3n) is 4.20. The van der Waals surface area contributed by atoms with Crippen molar-refractivity contribution in [2.24, 2.45) is 10.7 Å². The Morgan fingerprint density at radius 1 is 1.48 bits per heavy atom. The molecule has 25 heavy (non-hydrogen) atoms. The van der Waals surface area contributed by atoms with E-state index in [9.17, 15) is 9.18 Å². The van der Waals surface area contributed by atoms with E-state index < -0.39 is 11.4 Å². The predicted octanol–water partition coefficient (Wildman–Crippen LogP) is 4.13. The molecule has 0 bridgehead atoms. The van der Waals surface area contributed by atoms with Crippen LogP contribution in [0.15, 0.2) is 35.3 Å². The SMILES string of the molecule is CC[C@@]1(c2cc(NC(=O)c3ccc(Cl)s3)ccc2F)CCOC(N)=N1. The minimum Gasteiger partial charge on any atom is -0.465 e. The van der Waals surface area contributed by atoms with Crippen LogP contribution in [0.1, 0.15) is 35.0 Å². The Bertz CT molecular complexity index is 839. The Morgan fingerprint density at radius 2 is 2.28 bits per heavy atom. The number of benzene rings is 1. The zero-order chi connectivity index (χ0) is 18.0. The highest BCUT2D eigenvalue weighted by Gasteiger charge is 2.36. The van der Waals surface area contributed by atoms with Gasteiger partial charge < -0.3 is 15.8 Å². The van der Waals surface area contributed by atoms with E-state index in [-0.39, 0.29) is 11.9 Å². The van der Waals surface area contributed by atoms with Crippen LogP contribution in [0.3, 0.4) is 0 Å². The minimum absolute atomic E-state index is 0.0511. The predicted molar refractivity (Wildman–Crippen MR) is 97.8 cm³/mol. The zero-order valence-corrected chi connectivity index (χ0v) is 15.1. The fourth-order valence-corrected chi connectivity index (χ4v) is 3.79. The first kappa shape index (κ1) is 17.7. The molecule has 132 valence electrons. The summed E-state index contributed by atoms with van der Waals surface area (Å²) in [6, 6.07) is 7.79. The first-order chi connectivity index (χ1) is 11.9. The highest BCUT2D eigenvalue weighted by atomic mass is 35.5. The van der Waals surface area contributed by atoms with Crippen LogP contribution in [0.4, 0.5) is 10.1 Å². The average molecular weight is 382 g/mol. The number of rotatable bonds is 4. The number of hydrogen-bond acceptors (Lipinski definition) is 5. The summed E-state index contributed by atoms with van der Waals surface area (Å²) < 4.78 is 20.2. The maximum atomic E-state index is 14.5. The number of ether oxygens (including phenoxy) is 1. The summed E-state index contributed by atoms with van der Waals surface area (Å²) in [7, 11) is 0. The molecule has 2 aromatic rings. The number of nitrogens with two attached hydrogens (primary N) is 1. The van der Waals surface area contributed by atoms with E-state index in [4.69, 9.17) is 22.1 Å². The van der Waals surface area contributed by atoms with Gasteiger partial charge in [0, 0.05) is 17.7 Å². The number of carbonyl (C=O) groups excluding carboxylic acids is 1. The van der Waals surface area contributed by atoms with Gasteiger partial charge in [-0.3, -0.25) is 4.79 Å². The van der Waals surface area contributed by atoms with E-state index in [1.165, 1.54) is 23.5 Å². The number of nitrogens with zero attached hydrogens (tertiary/aromatic N) is 1. The van der Waals surface area contributed by atoms with Crippen molar-refractivity contribution in [1.82, 2.24) is 0 Å². The number of carbonyl (C=O) groups is 1. The van der Waals surface area contributed by atoms with Crippen LogP contribution in [0.2, 0.25) is 4.34 Å². The number of hydrogen-bond donors (Lipinski definition) is 2. The van der Waals surface area contributed by atoms with Gasteiger partial charge in [0.2, 0.25) is 0 Å². The molecule has 0 radical (unpaired) electrons. The number of amidine groups is 1. The molecule has 1 atom stereocenters. The minimum atomic E-state index is -0.792. The Kier molecular flexibility index (Phi) is 4.96. The molecule has 2 heterocycles. The zero-order valence-electron chi connectivity index (χ0n) is 13.5.